The van der Waals surface area contributed by atoms with Gasteiger partial charge in [-0.2, -0.15) is 0 Å². The van der Waals surface area contributed by atoms with Gasteiger partial charge >= 0.3 is 0 Å². The Hall–Kier alpha value is -0.120. The van der Waals surface area contributed by atoms with Gasteiger partial charge in [-0.3, -0.25) is 0 Å². The first kappa shape index (κ1) is 12.0. The van der Waals surface area contributed by atoms with Crippen LogP contribution in [-0.2, 0) is 9.47 Å². The maximum atomic E-state index is 5.45. The molecule has 14 heavy (non-hydrogen) atoms. The molecule has 0 spiro atoms. The van der Waals surface area contributed by atoms with E-state index in [2.05, 4.69) is 12.2 Å². The monoisotopic (exact) mass is 201 g/mol. The molecule has 1 saturated heterocycles. The van der Waals surface area contributed by atoms with E-state index in [-0.39, 0.29) is 0 Å². The molecule has 1 N–H and O–H groups in total. The summed E-state index contributed by atoms with van der Waals surface area (Å²) in [6.07, 6.45) is 3.75. The molecule has 3 heteroatoms. The molecule has 2 atom stereocenters. The number of methoxy groups -OCH3 is 1. The average molecular weight is 201 g/mol. The topological polar surface area (TPSA) is 30.5 Å². The smallest absolute Gasteiger partial charge is 0.0700 e. The van der Waals surface area contributed by atoms with Crippen LogP contribution in [0.15, 0.2) is 0 Å². The predicted octanol–water partition coefficient (Wildman–Crippen LogP) is 1.43. The van der Waals surface area contributed by atoms with Crippen LogP contribution in [0, 0.1) is 5.92 Å². The van der Waals surface area contributed by atoms with Gasteiger partial charge in [-0.25, -0.2) is 0 Å². The summed E-state index contributed by atoms with van der Waals surface area (Å²) >= 11 is 0. The highest BCUT2D eigenvalue weighted by Gasteiger charge is 2.17. The Labute approximate surface area is 87.2 Å². The molecule has 1 aliphatic rings. The van der Waals surface area contributed by atoms with E-state index < -0.39 is 0 Å². The van der Waals surface area contributed by atoms with Crippen molar-refractivity contribution in [1.82, 2.24) is 5.32 Å². The Morgan fingerprint density at radius 2 is 2.14 bits per heavy atom. The van der Waals surface area contributed by atoms with Crippen molar-refractivity contribution in [3.8, 4) is 0 Å². The van der Waals surface area contributed by atoms with E-state index in [1.165, 1.54) is 19.4 Å². The minimum Gasteiger partial charge on any atom is -0.382 e. The van der Waals surface area contributed by atoms with Gasteiger partial charge in [0.25, 0.3) is 0 Å². The molecule has 0 aliphatic carbocycles. The predicted molar refractivity (Wildman–Crippen MR) is 57.5 cm³/mol. The van der Waals surface area contributed by atoms with Crippen molar-refractivity contribution in [2.75, 3.05) is 33.5 Å². The van der Waals surface area contributed by atoms with Crippen molar-refractivity contribution in [1.29, 1.82) is 0 Å². The van der Waals surface area contributed by atoms with E-state index in [1.807, 2.05) is 0 Å². The third kappa shape index (κ3) is 4.94. The van der Waals surface area contributed by atoms with Gasteiger partial charge in [0.05, 0.1) is 13.2 Å². The van der Waals surface area contributed by atoms with Crippen LogP contribution in [0.2, 0.25) is 0 Å². The van der Waals surface area contributed by atoms with E-state index in [1.54, 1.807) is 7.11 Å². The first-order chi connectivity index (χ1) is 6.83. The van der Waals surface area contributed by atoms with Crippen LogP contribution in [0.25, 0.3) is 0 Å². The van der Waals surface area contributed by atoms with E-state index >= 15 is 0 Å². The molecule has 1 rings (SSSR count). The molecule has 0 aromatic carbocycles. The third-order valence-electron chi connectivity index (χ3n) is 2.80. The van der Waals surface area contributed by atoms with Crippen LogP contribution >= 0.6 is 0 Å². The van der Waals surface area contributed by atoms with Gasteiger partial charge in [0.1, 0.15) is 0 Å². The second-order valence-electron chi connectivity index (χ2n) is 4.17. The molecule has 84 valence electrons. The number of rotatable bonds is 6. The second kappa shape index (κ2) is 7.21. The van der Waals surface area contributed by atoms with Crippen LogP contribution < -0.4 is 5.32 Å². The first-order valence-electron chi connectivity index (χ1n) is 5.63. The lowest BCUT2D eigenvalue weighted by Crippen LogP contribution is -2.38. The second-order valence-corrected chi connectivity index (χ2v) is 4.17. The molecule has 2 unspecified atom stereocenters. The van der Waals surface area contributed by atoms with Crippen LogP contribution in [0.5, 0.6) is 0 Å². The number of nitrogens with one attached hydrogen (secondary N) is 1. The quantitative estimate of drug-likeness (QED) is 0.659. The largest absolute Gasteiger partial charge is 0.382 e. The summed E-state index contributed by atoms with van der Waals surface area (Å²) in [7, 11) is 1.70. The van der Waals surface area contributed by atoms with Crippen molar-refractivity contribution >= 4 is 0 Å². The molecule has 1 aliphatic heterocycles. The lowest BCUT2D eigenvalue weighted by molar-refractivity contribution is 0.0635. The van der Waals surface area contributed by atoms with Crippen LogP contribution in [0.4, 0.5) is 0 Å². The van der Waals surface area contributed by atoms with Gasteiger partial charge in [0.2, 0.25) is 0 Å². The summed E-state index contributed by atoms with van der Waals surface area (Å²) < 4.78 is 10.4. The molecule has 0 aromatic heterocycles. The maximum absolute atomic E-state index is 5.45. The molecule has 0 saturated carbocycles. The van der Waals surface area contributed by atoms with Crippen LogP contribution in [0.1, 0.15) is 26.2 Å². The first-order valence-corrected chi connectivity index (χ1v) is 5.63. The SMILES string of the molecule is COCCOCCC1CC(C)CCN1. The van der Waals surface area contributed by atoms with Crippen LogP contribution in [-0.4, -0.2) is 39.5 Å². The van der Waals surface area contributed by atoms with Crippen molar-refractivity contribution in [2.45, 2.75) is 32.2 Å². The number of piperidine rings is 1. The molecule has 1 fully saturated rings. The van der Waals surface area contributed by atoms with Crippen molar-refractivity contribution in [3.63, 3.8) is 0 Å². The lowest BCUT2D eigenvalue weighted by atomic mass is 9.93. The molecule has 1 heterocycles. The Kier molecular flexibility index (Phi) is 6.15. The minimum absolute atomic E-state index is 0.668. The number of hydrogen-bond acceptors (Lipinski definition) is 3. The van der Waals surface area contributed by atoms with Gasteiger partial charge in [-0.1, -0.05) is 6.92 Å². The minimum atomic E-state index is 0.668. The summed E-state index contributed by atoms with van der Waals surface area (Å²) in [5.74, 6) is 0.875. The van der Waals surface area contributed by atoms with Gasteiger partial charge in [0.15, 0.2) is 0 Å². The summed E-state index contributed by atoms with van der Waals surface area (Å²) in [5.41, 5.74) is 0. The number of hydrogen-bond donors (Lipinski definition) is 1. The Morgan fingerprint density at radius 1 is 1.29 bits per heavy atom. The molecular weight excluding hydrogens is 178 g/mol. The Balaban J connectivity index is 1.95. The average Bonchev–Trinajstić information content (AvgIpc) is 2.18. The highest BCUT2D eigenvalue weighted by molar-refractivity contribution is 4.75. The van der Waals surface area contributed by atoms with E-state index in [4.69, 9.17) is 9.47 Å². The zero-order valence-electron chi connectivity index (χ0n) is 9.42. The normalized spacial score (nSPS) is 27.9. The fraction of sp³-hybridized carbons (Fsp3) is 1.00. The summed E-state index contributed by atoms with van der Waals surface area (Å²) in [5, 5.41) is 3.53. The third-order valence-corrected chi connectivity index (χ3v) is 2.80. The molecule has 0 bridgehead atoms. The van der Waals surface area contributed by atoms with Gasteiger partial charge in [-0.05, 0) is 31.7 Å². The summed E-state index contributed by atoms with van der Waals surface area (Å²) in [4.78, 5) is 0. The highest BCUT2D eigenvalue weighted by Crippen LogP contribution is 2.16. The molecule has 0 amide bonds. The fourth-order valence-electron chi connectivity index (χ4n) is 1.91. The van der Waals surface area contributed by atoms with Crippen LogP contribution in [0.3, 0.4) is 0 Å². The lowest BCUT2D eigenvalue weighted by Gasteiger charge is -2.28. The van der Waals surface area contributed by atoms with E-state index in [0.29, 0.717) is 12.6 Å². The maximum Gasteiger partial charge on any atom is 0.0700 e. The molecule has 0 aromatic rings. The zero-order chi connectivity index (χ0) is 10.2. The van der Waals surface area contributed by atoms with Crippen molar-refractivity contribution in [3.05, 3.63) is 0 Å². The van der Waals surface area contributed by atoms with Gasteiger partial charge < -0.3 is 14.8 Å². The Morgan fingerprint density at radius 3 is 2.86 bits per heavy atom. The Bertz CT molecular complexity index is 141. The van der Waals surface area contributed by atoms with Crippen molar-refractivity contribution in [2.24, 2.45) is 5.92 Å². The van der Waals surface area contributed by atoms with Gasteiger partial charge in [0, 0.05) is 19.8 Å². The summed E-state index contributed by atoms with van der Waals surface area (Å²) in [6.45, 7) is 5.78. The molecule has 0 radical (unpaired) electrons. The van der Waals surface area contributed by atoms with E-state index in [9.17, 15) is 0 Å². The van der Waals surface area contributed by atoms with E-state index in [0.717, 1.165) is 25.6 Å². The molecular formula is C11H23NO2. The standard InChI is InChI=1S/C11H23NO2/c1-10-3-5-12-11(9-10)4-6-14-8-7-13-2/h10-12H,3-9H2,1-2H3. The molecule has 3 nitrogen and oxygen atoms in total. The number of ether oxygens (including phenoxy) is 2. The fourth-order valence-corrected chi connectivity index (χ4v) is 1.91. The van der Waals surface area contributed by atoms with Gasteiger partial charge in [-0.15, -0.1) is 0 Å². The zero-order valence-corrected chi connectivity index (χ0v) is 9.42. The van der Waals surface area contributed by atoms with Crippen molar-refractivity contribution < 1.29 is 9.47 Å². The summed E-state index contributed by atoms with van der Waals surface area (Å²) in [6, 6.07) is 0.668. The highest BCUT2D eigenvalue weighted by atomic mass is 16.5.